The van der Waals surface area contributed by atoms with E-state index in [-0.39, 0.29) is 28.6 Å². The van der Waals surface area contributed by atoms with E-state index in [1.165, 1.54) is 0 Å². The number of nitrogens with zero attached hydrogens (tertiary/aromatic N) is 3. The number of amides is 1. The molecule has 0 aromatic carbocycles. The summed E-state index contributed by atoms with van der Waals surface area (Å²) in [4.78, 5) is 13.7. The Morgan fingerprint density at radius 3 is 2.52 bits per heavy atom. The van der Waals surface area contributed by atoms with Crippen LogP contribution in [0.2, 0.25) is 0 Å². The fourth-order valence-corrected chi connectivity index (χ4v) is 3.73. The van der Waals surface area contributed by atoms with Crippen molar-refractivity contribution in [1.29, 1.82) is 0 Å². The number of alkyl halides is 2. The molecule has 130 valence electrons. The zero-order valence-corrected chi connectivity index (χ0v) is 14.0. The van der Waals surface area contributed by atoms with Gasteiger partial charge in [-0.05, 0) is 25.9 Å². The maximum atomic E-state index is 12.3. The Morgan fingerprint density at radius 2 is 1.96 bits per heavy atom. The van der Waals surface area contributed by atoms with Gasteiger partial charge in [-0.15, -0.1) is 10.2 Å². The fraction of sp³-hybridized carbons (Fsp3) is 0.727. The molecule has 1 aromatic rings. The van der Waals surface area contributed by atoms with E-state index in [4.69, 9.17) is 0 Å². The van der Waals surface area contributed by atoms with Gasteiger partial charge in [0.05, 0.1) is 12.8 Å². The van der Waals surface area contributed by atoms with Crippen molar-refractivity contribution >= 4 is 37.5 Å². The smallest absolute Gasteiger partial charge is 0.251 e. The van der Waals surface area contributed by atoms with E-state index < -0.39 is 16.4 Å². The molecule has 2 rings (SSSR count). The van der Waals surface area contributed by atoms with E-state index >= 15 is 0 Å². The Hall–Kier alpha value is -1.40. The van der Waals surface area contributed by atoms with E-state index in [0.717, 1.165) is 17.6 Å². The molecule has 23 heavy (non-hydrogen) atoms. The number of piperidine rings is 1. The molecule has 0 saturated carbocycles. The molecule has 0 spiro atoms. The van der Waals surface area contributed by atoms with Gasteiger partial charge >= 0.3 is 0 Å². The number of carbonyl (C=O) groups is 1. The minimum absolute atomic E-state index is 0.0644. The topological polar surface area (TPSA) is 104 Å². The minimum atomic E-state index is -3.45. The van der Waals surface area contributed by atoms with Crippen molar-refractivity contribution in [1.82, 2.24) is 15.1 Å². The highest BCUT2D eigenvalue weighted by molar-refractivity contribution is 7.92. The van der Waals surface area contributed by atoms with Gasteiger partial charge in [-0.3, -0.25) is 14.4 Å². The van der Waals surface area contributed by atoms with Crippen LogP contribution >= 0.6 is 11.3 Å². The van der Waals surface area contributed by atoms with E-state index in [2.05, 4.69) is 20.2 Å². The second kappa shape index (κ2) is 7.45. The van der Waals surface area contributed by atoms with Crippen molar-refractivity contribution in [3.05, 3.63) is 0 Å². The van der Waals surface area contributed by atoms with Gasteiger partial charge in [-0.25, -0.2) is 17.2 Å². The fourth-order valence-electron chi connectivity index (χ4n) is 2.25. The molecule has 1 amide bonds. The van der Waals surface area contributed by atoms with Crippen LogP contribution in [0.5, 0.6) is 0 Å². The summed E-state index contributed by atoms with van der Waals surface area (Å²) in [6.45, 7) is 0.615. The van der Waals surface area contributed by atoms with Crippen LogP contribution in [-0.2, 0) is 14.8 Å². The van der Waals surface area contributed by atoms with Gasteiger partial charge in [0.1, 0.15) is 0 Å². The third kappa shape index (κ3) is 5.95. The SMILES string of the molecule is CS(=O)(=O)Nc1nnc(NC(=O)C2CCN(CC(F)F)CC2)s1. The highest BCUT2D eigenvalue weighted by Crippen LogP contribution is 2.24. The molecular formula is C11H17F2N5O3S2. The Balaban J connectivity index is 1.83. The lowest BCUT2D eigenvalue weighted by Crippen LogP contribution is -2.40. The first-order valence-electron chi connectivity index (χ1n) is 6.85. The highest BCUT2D eigenvalue weighted by atomic mass is 32.2. The number of anilines is 2. The van der Waals surface area contributed by atoms with Crippen molar-refractivity contribution in [3.63, 3.8) is 0 Å². The molecule has 2 N–H and O–H groups in total. The largest absolute Gasteiger partial charge is 0.300 e. The number of carbonyl (C=O) groups excluding carboxylic acids is 1. The number of sulfonamides is 1. The van der Waals surface area contributed by atoms with Gasteiger partial charge in [-0.2, -0.15) is 0 Å². The maximum absolute atomic E-state index is 12.3. The first kappa shape index (κ1) is 17.9. The summed E-state index contributed by atoms with van der Waals surface area (Å²) < 4.78 is 48.9. The molecule has 12 heteroatoms. The van der Waals surface area contributed by atoms with Gasteiger partial charge in [0.15, 0.2) is 0 Å². The first-order valence-corrected chi connectivity index (χ1v) is 9.56. The van der Waals surface area contributed by atoms with E-state index in [0.29, 0.717) is 25.9 Å². The predicted octanol–water partition coefficient (Wildman–Crippen LogP) is 0.825. The van der Waals surface area contributed by atoms with Crippen LogP contribution in [0.25, 0.3) is 0 Å². The summed E-state index contributed by atoms with van der Waals surface area (Å²) in [6, 6.07) is 0. The average molecular weight is 369 g/mol. The molecule has 0 bridgehead atoms. The lowest BCUT2D eigenvalue weighted by Gasteiger charge is -2.30. The van der Waals surface area contributed by atoms with Gasteiger partial charge in [0, 0.05) is 5.92 Å². The number of hydrogen-bond acceptors (Lipinski definition) is 7. The van der Waals surface area contributed by atoms with Crippen LogP contribution in [0.3, 0.4) is 0 Å². The van der Waals surface area contributed by atoms with Crippen LogP contribution in [0.1, 0.15) is 12.8 Å². The molecule has 0 aliphatic carbocycles. The number of likely N-dealkylation sites (tertiary alicyclic amines) is 1. The van der Waals surface area contributed by atoms with Gasteiger partial charge < -0.3 is 5.32 Å². The lowest BCUT2D eigenvalue weighted by atomic mass is 9.96. The summed E-state index contributed by atoms with van der Waals surface area (Å²) in [6.07, 6.45) is -0.403. The number of aromatic nitrogens is 2. The molecule has 0 atom stereocenters. The predicted molar refractivity (Wildman–Crippen MR) is 82.2 cm³/mol. The van der Waals surface area contributed by atoms with Crippen molar-refractivity contribution in [3.8, 4) is 0 Å². The quantitative estimate of drug-likeness (QED) is 0.770. The second-order valence-electron chi connectivity index (χ2n) is 5.24. The van der Waals surface area contributed by atoms with Crippen LogP contribution in [0, 0.1) is 5.92 Å². The lowest BCUT2D eigenvalue weighted by molar-refractivity contribution is -0.121. The maximum Gasteiger partial charge on any atom is 0.251 e. The molecule has 1 fully saturated rings. The summed E-state index contributed by atoms with van der Waals surface area (Å²) in [7, 11) is -3.45. The first-order chi connectivity index (χ1) is 10.7. The summed E-state index contributed by atoms with van der Waals surface area (Å²) >= 11 is 0.907. The van der Waals surface area contributed by atoms with Crippen LogP contribution < -0.4 is 10.0 Å². The van der Waals surface area contributed by atoms with Crippen molar-refractivity contribution < 1.29 is 22.0 Å². The number of halogens is 2. The van der Waals surface area contributed by atoms with Crippen molar-refractivity contribution in [2.75, 3.05) is 35.9 Å². The minimum Gasteiger partial charge on any atom is -0.300 e. The van der Waals surface area contributed by atoms with Gasteiger partial charge in [0.25, 0.3) is 6.43 Å². The summed E-state index contributed by atoms with van der Waals surface area (Å²) in [5, 5.41) is 10.1. The second-order valence-corrected chi connectivity index (χ2v) is 7.97. The van der Waals surface area contributed by atoms with E-state index in [9.17, 15) is 22.0 Å². The Kier molecular flexibility index (Phi) is 5.81. The molecule has 8 nitrogen and oxygen atoms in total. The summed E-state index contributed by atoms with van der Waals surface area (Å²) in [5.41, 5.74) is 0. The van der Waals surface area contributed by atoms with E-state index in [1.807, 2.05) is 0 Å². The Labute approximate surface area is 136 Å². The van der Waals surface area contributed by atoms with Gasteiger partial charge in [0.2, 0.25) is 26.2 Å². The van der Waals surface area contributed by atoms with Crippen LogP contribution in [0.4, 0.5) is 19.0 Å². The Morgan fingerprint density at radius 1 is 1.35 bits per heavy atom. The van der Waals surface area contributed by atoms with Crippen molar-refractivity contribution in [2.45, 2.75) is 19.3 Å². The number of nitrogens with one attached hydrogen (secondary N) is 2. The molecule has 2 heterocycles. The number of rotatable bonds is 6. The molecule has 1 saturated heterocycles. The van der Waals surface area contributed by atoms with Crippen molar-refractivity contribution in [2.24, 2.45) is 5.92 Å². The van der Waals surface area contributed by atoms with Crippen LogP contribution in [0.15, 0.2) is 0 Å². The number of hydrogen-bond donors (Lipinski definition) is 2. The molecular weight excluding hydrogens is 352 g/mol. The standard InChI is InChI=1S/C11H17F2N5O3S2/c1-23(20,21)17-11-16-15-10(22-11)14-9(19)7-2-4-18(5-3-7)6-8(12)13/h7-8H,2-6H2,1H3,(H,16,17)(H,14,15,19). The molecule has 0 unspecified atom stereocenters. The molecule has 1 aliphatic rings. The monoisotopic (exact) mass is 369 g/mol. The molecule has 0 radical (unpaired) electrons. The third-order valence-corrected chi connectivity index (χ3v) is 4.73. The highest BCUT2D eigenvalue weighted by Gasteiger charge is 2.26. The zero-order valence-electron chi connectivity index (χ0n) is 12.3. The molecule has 1 aromatic heterocycles. The van der Waals surface area contributed by atoms with Crippen LogP contribution in [-0.4, -0.2) is 61.7 Å². The average Bonchev–Trinajstić information content (AvgIpc) is 2.83. The summed E-state index contributed by atoms with van der Waals surface area (Å²) in [5.74, 6) is -0.539. The third-order valence-electron chi connectivity index (χ3n) is 3.28. The zero-order chi connectivity index (χ0) is 17.0. The van der Waals surface area contributed by atoms with Gasteiger partial charge in [-0.1, -0.05) is 11.3 Å². The Bertz CT molecular complexity index is 644. The molecule has 1 aliphatic heterocycles. The normalized spacial score (nSPS) is 17.4. The van der Waals surface area contributed by atoms with E-state index in [1.54, 1.807) is 4.90 Å².